The fourth-order valence-corrected chi connectivity index (χ4v) is 3.07. The molecule has 0 aromatic carbocycles. The van der Waals surface area contributed by atoms with Crippen LogP contribution in [0.15, 0.2) is 53.6 Å². The summed E-state index contributed by atoms with van der Waals surface area (Å²) in [6.45, 7) is 5.31. The second-order valence-electron chi connectivity index (χ2n) is 6.63. The first kappa shape index (κ1) is 16.3. The molecule has 0 saturated carbocycles. The Morgan fingerprint density at radius 1 is 1.31 bits per heavy atom. The number of hydrogen-bond acceptors (Lipinski definition) is 5. The van der Waals surface area contributed by atoms with E-state index in [1.165, 1.54) is 0 Å². The molecule has 132 valence electrons. The Kier molecular flexibility index (Phi) is 3.55. The highest BCUT2D eigenvalue weighted by Crippen LogP contribution is 2.29. The molecular weight excluding hydrogens is 330 g/mol. The Bertz CT molecular complexity index is 1150. The van der Waals surface area contributed by atoms with Crippen molar-refractivity contribution in [1.82, 2.24) is 18.8 Å². The van der Waals surface area contributed by atoms with Gasteiger partial charge in [0, 0.05) is 18.0 Å². The molecule has 0 fully saturated rings. The molecule has 4 heterocycles. The molecule has 0 amide bonds. The standard InChI is InChI=1S/C19H19N5O2/c1-4-5-13(20)16-17(23-8-9-26-18(23)22-16)12-6-7-15-21-10-14(19(2,3)25)24(15)11-12/h4-11,20,25H,1-3H3/b5-4-,20-13?. The van der Waals surface area contributed by atoms with Gasteiger partial charge in [-0.25, -0.2) is 4.98 Å². The van der Waals surface area contributed by atoms with E-state index < -0.39 is 5.60 Å². The van der Waals surface area contributed by atoms with Crippen LogP contribution in [0.1, 0.15) is 32.2 Å². The normalized spacial score (nSPS) is 12.6. The van der Waals surface area contributed by atoms with Gasteiger partial charge >= 0.3 is 5.84 Å². The van der Waals surface area contributed by atoms with E-state index in [9.17, 15) is 5.11 Å². The number of allylic oxidation sites excluding steroid dienone is 2. The first-order chi connectivity index (χ1) is 12.4. The van der Waals surface area contributed by atoms with Gasteiger partial charge in [0.25, 0.3) is 0 Å². The number of aliphatic hydroxyl groups is 1. The summed E-state index contributed by atoms with van der Waals surface area (Å²) in [7, 11) is 0. The van der Waals surface area contributed by atoms with Crippen LogP contribution in [0, 0.1) is 5.41 Å². The number of imidazole rings is 2. The lowest BCUT2D eigenvalue weighted by Gasteiger charge is -2.17. The van der Waals surface area contributed by atoms with Crippen LogP contribution >= 0.6 is 0 Å². The molecule has 0 unspecified atom stereocenters. The highest BCUT2D eigenvalue weighted by Gasteiger charge is 2.23. The molecule has 0 aliphatic rings. The van der Waals surface area contributed by atoms with Crippen molar-refractivity contribution < 1.29 is 9.52 Å². The number of fused-ring (bicyclic) bond motifs is 2. The van der Waals surface area contributed by atoms with Crippen molar-refractivity contribution in [3.63, 3.8) is 0 Å². The fourth-order valence-electron chi connectivity index (χ4n) is 3.07. The van der Waals surface area contributed by atoms with Crippen LogP contribution in [-0.4, -0.2) is 29.6 Å². The number of oxazole rings is 1. The predicted molar refractivity (Wildman–Crippen MR) is 98.5 cm³/mol. The van der Waals surface area contributed by atoms with Crippen LogP contribution in [0.25, 0.3) is 22.7 Å². The van der Waals surface area contributed by atoms with E-state index in [0.29, 0.717) is 22.9 Å². The van der Waals surface area contributed by atoms with Crippen LogP contribution in [0.3, 0.4) is 0 Å². The van der Waals surface area contributed by atoms with Gasteiger partial charge in [-0.05, 0) is 39.0 Å². The number of nitrogens with zero attached hydrogens (tertiary/aromatic N) is 4. The van der Waals surface area contributed by atoms with Crippen LogP contribution in [0.4, 0.5) is 0 Å². The Morgan fingerprint density at radius 2 is 2.12 bits per heavy atom. The van der Waals surface area contributed by atoms with Crippen LogP contribution in [-0.2, 0) is 5.60 Å². The summed E-state index contributed by atoms with van der Waals surface area (Å²) in [4.78, 5) is 8.81. The Labute approximate surface area is 149 Å². The first-order valence-corrected chi connectivity index (χ1v) is 8.27. The lowest BCUT2D eigenvalue weighted by molar-refractivity contribution is 0.0730. The molecule has 7 nitrogen and oxygen atoms in total. The molecular formula is C19H19N5O2. The number of hydrogen-bond donors (Lipinski definition) is 2. The van der Waals surface area contributed by atoms with E-state index >= 15 is 0 Å². The maximum atomic E-state index is 10.4. The van der Waals surface area contributed by atoms with E-state index in [-0.39, 0.29) is 0 Å². The number of rotatable bonds is 4. The van der Waals surface area contributed by atoms with Crippen LogP contribution in [0.5, 0.6) is 0 Å². The van der Waals surface area contributed by atoms with E-state index in [1.54, 1.807) is 44.7 Å². The van der Waals surface area contributed by atoms with Crippen LogP contribution in [0.2, 0.25) is 0 Å². The van der Waals surface area contributed by atoms with Gasteiger partial charge in [0.05, 0.1) is 23.3 Å². The van der Waals surface area contributed by atoms with Crippen molar-refractivity contribution >= 4 is 17.2 Å². The van der Waals surface area contributed by atoms with Crippen LogP contribution < -0.4 is 0 Å². The molecule has 0 bridgehead atoms. The lowest BCUT2D eigenvalue weighted by atomic mass is 10.1. The largest absolute Gasteiger partial charge is 0.432 e. The van der Waals surface area contributed by atoms with E-state index in [4.69, 9.17) is 9.83 Å². The SMILES string of the molecule is C/C=C\C(=N)c1nc2occn2c1-c1ccc2ncc(C(C)(C)O)n2c1. The number of pyridine rings is 1. The summed E-state index contributed by atoms with van der Waals surface area (Å²) in [5.74, 6) is 0.428. The Morgan fingerprint density at radius 3 is 2.85 bits per heavy atom. The molecule has 2 N–H and O–H groups in total. The molecule has 0 aliphatic heterocycles. The summed E-state index contributed by atoms with van der Waals surface area (Å²) in [6, 6.07) is 3.81. The van der Waals surface area contributed by atoms with Gasteiger partial charge in [-0.1, -0.05) is 6.08 Å². The molecule has 7 heteroatoms. The fraction of sp³-hybridized carbons (Fsp3) is 0.211. The summed E-state index contributed by atoms with van der Waals surface area (Å²) < 4.78 is 9.09. The molecule has 0 saturated heterocycles. The van der Waals surface area contributed by atoms with Crippen molar-refractivity contribution in [2.75, 3.05) is 0 Å². The van der Waals surface area contributed by atoms with Crippen molar-refractivity contribution in [3.05, 3.63) is 60.5 Å². The molecule has 0 atom stereocenters. The zero-order chi connectivity index (χ0) is 18.5. The summed E-state index contributed by atoms with van der Waals surface area (Å²) in [5, 5.41) is 18.7. The third-order valence-corrected chi connectivity index (χ3v) is 4.26. The quantitative estimate of drug-likeness (QED) is 0.552. The summed E-state index contributed by atoms with van der Waals surface area (Å²) >= 11 is 0. The van der Waals surface area contributed by atoms with Crippen molar-refractivity contribution in [2.24, 2.45) is 0 Å². The Balaban J connectivity index is 1.99. The van der Waals surface area contributed by atoms with E-state index in [2.05, 4.69) is 9.97 Å². The lowest BCUT2D eigenvalue weighted by Crippen LogP contribution is -2.18. The number of nitrogens with one attached hydrogen (secondary N) is 1. The van der Waals surface area contributed by atoms with Gasteiger partial charge in [-0.3, -0.25) is 9.81 Å². The highest BCUT2D eigenvalue weighted by atomic mass is 16.3. The predicted octanol–water partition coefficient (Wildman–Crippen LogP) is 3.41. The first-order valence-electron chi connectivity index (χ1n) is 8.27. The van der Waals surface area contributed by atoms with E-state index in [0.717, 1.165) is 16.9 Å². The van der Waals surface area contributed by atoms with Gasteiger partial charge in [0.2, 0.25) is 0 Å². The second-order valence-corrected chi connectivity index (χ2v) is 6.63. The zero-order valence-corrected chi connectivity index (χ0v) is 14.8. The summed E-state index contributed by atoms with van der Waals surface area (Å²) in [6.07, 6.45) is 10.4. The third kappa shape index (κ3) is 2.44. The van der Waals surface area contributed by atoms with Gasteiger partial charge in [-0.15, -0.1) is 0 Å². The van der Waals surface area contributed by atoms with Crippen molar-refractivity contribution in [2.45, 2.75) is 26.4 Å². The topological polar surface area (TPSA) is 91.8 Å². The smallest absolute Gasteiger partial charge is 0.306 e. The molecule has 0 aliphatic carbocycles. The highest BCUT2D eigenvalue weighted by molar-refractivity contribution is 6.09. The minimum atomic E-state index is -1.03. The minimum Gasteiger partial charge on any atom is -0.432 e. The molecule has 0 spiro atoms. The Hall–Kier alpha value is -3.19. The molecule has 4 aromatic heterocycles. The molecule has 0 radical (unpaired) electrons. The third-order valence-electron chi connectivity index (χ3n) is 4.26. The van der Waals surface area contributed by atoms with Crippen molar-refractivity contribution in [3.8, 4) is 11.3 Å². The monoisotopic (exact) mass is 349 g/mol. The minimum absolute atomic E-state index is 0.301. The average molecular weight is 349 g/mol. The maximum absolute atomic E-state index is 10.4. The van der Waals surface area contributed by atoms with Gasteiger partial charge in [0.1, 0.15) is 23.2 Å². The van der Waals surface area contributed by atoms with Crippen molar-refractivity contribution in [1.29, 1.82) is 5.41 Å². The number of aromatic nitrogens is 4. The van der Waals surface area contributed by atoms with E-state index in [1.807, 2.05) is 34.1 Å². The maximum Gasteiger partial charge on any atom is 0.306 e. The summed E-state index contributed by atoms with van der Waals surface area (Å²) in [5.41, 5.74) is 2.84. The second kappa shape index (κ2) is 5.67. The van der Waals surface area contributed by atoms with Gasteiger partial charge in [-0.2, -0.15) is 4.98 Å². The van der Waals surface area contributed by atoms with Gasteiger partial charge in [0.15, 0.2) is 0 Å². The molecule has 26 heavy (non-hydrogen) atoms. The van der Waals surface area contributed by atoms with Gasteiger partial charge < -0.3 is 13.9 Å². The molecule has 4 rings (SSSR count). The average Bonchev–Trinajstić information content (AvgIpc) is 3.27. The zero-order valence-electron chi connectivity index (χ0n) is 14.8. The molecule has 4 aromatic rings.